The van der Waals surface area contributed by atoms with Crippen molar-refractivity contribution >= 4 is 28.1 Å². The van der Waals surface area contributed by atoms with Gasteiger partial charge in [0.1, 0.15) is 0 Å². The Bertz CT molecular complexity index is 947. The van der Waals surface area contributed by atoms with Crippen LogP contribution in [0.25, 0.3) is 16.5 Å². The molecule has 0 N–H and O–H groups in total. The molecule has 1 aromatic heterocycles. The van der Waals surface area contributed by atoms with Crippen molar-refractivity contribution in [2.24, 2.45) is 0 Å². The van der Waals surface area contributed by atoms with E-state index in [1.165, 1.54) is 12.1 Å². The molecule has 0 radical (unpaired) electrons. The van der Waals surface area contributed by atoms with Gasteiger partial charge in [-0.15, -0.1) is 0 Å². The summed E-state index contributed by atoms with van der Waals surface area (Å²) in [5, 5.41) is 1.52. The maximum absolute atomic E-state index is 13.5. The molecule has 108 valence electrons. The largest absolute Gasteiger partial charge is 0.248 e. The summed E-state index contributed by atoms with van der Waals surface area (Å²) in [5.74, 6) is -1.65. The van der Waals surface area contributed by atoms with Crippen molar-refractivity contribution < 1.29 is 8.78 Å². The van der Waals surface area contributed by atoms with E-state index in [2.05, 4.69) is 4.98 Å². The number of nitrogens with zero attached hydrogens (tertiary/aromatic N) is 1. The van der Waals surface area contributed by atoms with Crippen LogP contribution in [0.1, 0.15) is 16.8 Å². The number of hydrogen-bond acceptors (Lipinski definition) is 1. The number of halogens is 3. The molecule has 1 heterocycles. The van der Waals surface area contributed by atoms with E-state index in [-0.39, 0.29) is 0 Å². The quantitative estimate of drug-likeness (QED) is 0.605. The lowest BCUT2D eigenvalue weighted by Crippen LogP contribution is -1.95. The lowest BCUT2D eigenvalue weighted by molar-refractivity contribution is 0.507. The molecule has 1 aliphatic carbocycles. The zero-order valence-electron chi connectivity index (χ0n) is 11.4. The van der Waals surface area contributed by atoms with Crippen LogP contribution in [0.15, 0.2) is 48.5 Å². The molecular formula is C18H10ClF2N. The van der Waals surface area contributed by atoms with Crippen LogP contribution in [0.2, 0.25) is 5.02 Å². The Kier molecular flexibility index (Phi) is 2.98. The summed E-state index contributed by atoms with van der Waals surface area (Å²) in [7, 11) is 0. The summed E-state index contributed by atoms with van der Waals surface area (Å²) in [6.07, 6.45) is 2.53. The number of pyridine rings is 1. The first-order valence-electron chi connectivity index (χ1n) is 6.87. The minimum atomic E-state index is -0.838. The Balaban J connectivity index is 1.87. The van der Waals surface area contributed by atoms with Crippen LogP contribution in [-0.4, -0.2) is 4.98 Å². The number of aromatic nitrogens is 1. The average Bonchev–Trinajstić information content (AvgIpc) is 2.90. The van der Waals surface area contributed by atoms with Gasteiger partial charge in [0.15, 0.2) is 11.6 Å². The van der Waals surface area contributed by atoms with E-state index in [1.54, 1.807) is 0 Å². The van der Waals surface area contributed by atoms with E-state index in [0.29, 0.717) is 17.0 Å². The normalized spacial score (nSPS) is 13.3. The second kappa shape index (κ2) is 4.89. The van der Waals surface area contributed by atoms with Crippen LogP contribution < -0.4 is 0 Å². The van der Waals surface area contributed by atoms with Crippen LogP contribution in [-0.2, 0) is 6.42 Å². The molecule has 22 heavy (non-hydrogen) atoms. The van der Waals surface area contributed by atoms with E-state index in [9.17, 15) is 8.78 Å². The molecule has 0 saturated carbocycles. The SMILES string of the molecule is Fc1cc2c(cc1F)C(c1ccc3c(Cl)cccc3n1)=CC2. The summed E-state index contributed by atoms with van der Waals surface area (Å²) < 4.78 is 26.9. The van der Waals surface area contributed by atoms with Gasteiger partial charge in [-0.05, 0) is 53.9 Å². The van der Waals surface area contributed by atoms with Gasteiger partial charge in [0.2, 0.25) is 0 Å². The van der Waals surface area contributed by atoms with Crippen molar-refractivity contribution in [2.45, 2.75) is 6.42 Å². The molecule has 1 aliphatic rings. The summed E-state index contributed by atoms with van der Waals surface area (Å²) >= 11 is 6.14. The molecule has 0 bridgehead atoms. The van der Waals surface area contributed by atoms with E-state index in [1.807, 2.05) is 36.4 Å². The highest BCUT2D eigenvalue weighted by Gasteiger charge is 2.20. The van der Waals surface area contributed by atoms with Crippen LogP contribution >= 0.6 is 11.6 Å². The third-order valence-electron chi connectivity index (χ3n) is 3.92. The molecule has 0 atom stereocenters. The summed E-state index contributed by atoms with van der Waals surface area (Å²) in [6, 6.07) is 11.8. The van der Waals surface area contributed by atoms with Crippen LogP contribution in [0.3, 0.4) is 0 Å². The molecule has 0 unspecified atom stereocenters. The van der Waals surface area contributed by atoms with Gasteiger partial charge in [-0.3, -0.25) is 0 Å². The monoisotopic (exact) mass is 313 g/mol. The number of benzene rings is 2. The summed E-state index contributed by atoms with van der Waals surface area (Å²) in [5.41, 5.74) is 3.83. The Morgan fingerprint density at radius 1 is 1.00 bits per heavy atom. The second-order valence-electron chi connectivity index (χ2n) is 5.25. The minimum absolute atomic E-state index is 0.580. The molecule has 4 heteroatoms. The first-order chi connectivity index (χ1) is 10.6. The van der Waals surface area contributed by atoms with Gasteiger partial charge >= 0.3 is 0 Å². The highest BCUT2D eigenvalue weighted by Crippen LogP contribution is 2.34. The number of hydrogen-bond donors (Lipinski definition) is 0. The van der Waals surface area contributed by atoms with Gasteiger partial charge in [0, 0.05) is 16.0 Å². The van der Waals surface area contributed by atoms with Crippen molar-refractivity contribution in [1.29, 1.82) is 0 Å². The fourth-order valence-corrected chi connectivity index (χ4v) is 3.07. The highest BCUT2D eigenvalue weighted by atomic mass is 35.5. The molecule has 0 fully saturated rings. The third kappa shape index (κ3) is 2.01. The lowest BCUT2D eigenvalue weighted by atomic mass is 10.0. The fraction of sp³-hybridized carbons (Fsp3) is 0.0556. The van der Waals surface area contributed by atoms with E-state index < -0.39 is 11.6 Å². The molecule has 0 amide bonds. The fourth-order valence-electron chi connectivity index (χ4n) is 2.84. The maximum atomic E-state index is 13.5. The van der Waals surface area contributed by atoms with Gasteiger partial charge in [-0.25, -0.2) is 13.8 Å². The standard InChI is InChI=1S/C18H10ClF2N/c19-14-2-1-3-17-12(14)6-7-18(22-17)11-5-4-10-8-15(20)16(21)9-13(10)11/h1-3,5-9H,4H2. The average molecular weight is 314 g/mol. The molecule has 0 saturated heterocycles. The summed E-state index contributed by atoms with van der Waals surface area (Å²) in [6.45, 7) is 0. The smallest absolute Gasteiger partial charge is 0.159 e. The highest BCUT2D eigenvalue weighted by molar-refractivity contribution is 6.35. The number of allylic oxidation sites excluding steroid dienone is 1. The van der Waals surface area contributed by atoms with Crippen LogP contribution in [0, 0.1) is 11.6 Å². The van der Waals surface area contributed by atoms with Crippen molar-refractivity contribution in [3.8, 4) is 0 Å². The van der Waals surface area contributed by atoms with E-state index >= 15 is 0 Å². The number of fused-ring (bicyclic) bond motifs is 2. The Morgan fingerprint density at radius 3 is 2.68 bits per heavy atom. The Hall–Kier alpha value is -2.26. The van der Waals surface area contributed by atoms with Crippen LogP contribution in [0.4, 0.5) is 8.78 Å². The van der Waals surface area contributed by atoms with E-state index in [0.717, 1.165) is 27.7 Å². The maximum Gasteiger partial charge on any atom is 0.159 e. The third-order valence-corrected chi connectivity index (χ3v) is 4.25. The Labute approximate surface area is 130 Å². The number of rotatable bonds is 1. The predicted molar refractivity (Wildman–Crippen MR) is 83.9 cm³/mol. The molecule has 1 nitrogen and oxygen atoms in total. The van der Waals surface area contributed by atoms with Crippen molar-refractivity contribution in [2.75, 3.05) is 0 Å². The topological polar surface area (TPSA) is 12.9 Å². The van der Waals surface area contributed by atoms with Crippen molar-refractivity contribution in [3.63, 3.8) is 0 Å². The van der Waals surface area contributed by atoms with Gasteiger partial charge < -0.3 is 0 Å². The zero-order chi connectivity index (χ0) is 15.3. The molecule has 3 aromatic rings. The zero-order valence-corrected chi connectivity index (χ0v) is 12.2. The van der Waals surface area contributed by atoms with Gasteiger partial charge in [0.25, 0.3) is 0 Å². The van der Waals surface area contributed by atoms with Crippen molar-refractivity contribution in [3.05, 3.63) is 82.0 Å². The van der Waals surface area contributed by atoms with E-state index in [4.69, 9.17) is 11.6 Å². The molecular weight excluding hydrogens is 304 g/mol. The predicted octanol–water partition coefficient (Wildman–Crippen LogP) is 5.15. The summed E-state index contributed by atoms with van der Waals surface area (Å²) in [4.78, 5) is 4.60. The van der Waals surface area contributed by atoms with Crippen molar-refractivity contribution in [1.82, 2.24) is 4.98 Å². The Morgan fingerprint density at radius 2 is 1.82 bits per heavy atom. The van der Waals surface area contributed by atoms with Crippen LogP contribution in [0.5, 0.6) is 0 Å². The second-order valence-corrected chi connectivity index (χ2v) is 5.66. The minimum Gasteiger partial charge on any atom is -0.248 e. The molecule has 0 spiro atoms. The molecule has 2 aromatic carbocycles. The molecule has 4 rings (SSSR count). The van der Waals surface area contributed by atoms with Gasteiger partial charge in [-0.2, -0.15) is 0 Å². The first kappa shape index (κ1) is 13.4. The van der Waals surface area contributed by atoms with Gasteiger partial charge in [0.05, 0.1) is 11.2 Å². The first-order valence-corrected chi connectivity index (χ1v) is 7.25. The van der Waals surface area contributed by atoms with Gasteiger partial charge in [-0.1, -0.05) is 23.7 Å². The lowest BCUT2D eigenvalue weighted by Gasteiger charge is -2.08. The molecule has 0 aliphatic heterocycles.